The number of likely N-dealkylation sites (tertiary alicyclic amines) is 1. The number of hydrogen-bond donors (Lipinski definition) is 1. The van der Waals surface area contributed by atoms with Gasteiger partial charge in [-0.1, -0.05) is 18.2 Å². The normalized spacial score (nSPS) is 17.6. The van der Waals surface area contributed by atoms with Crippen LogP contribution in [-0.4, -0.2) is 58.6 Å². The molecule has 2 fully saturated rings. The van der Waals surface area contributed by atoms with Crippen LogP contribution in [-0.2, 0) is 0 Å². The van der Waals surface area contributed by atoms with Crippen molar-refractivity contribution in [1.29, 1.82) is 0 Å². The fourth-order valence-electron chi connectivity index (χ4n) is 4.19. The van der Waals surface area contributed by atoms with Gasteiger partial charge < -0.3 is 19.9 Å². The number of urea groups is 1. The Morgan fingerprint density at radius 2 is 1.90 bits per heavy atom. The standard InChI is InChI=1S/C23H26FN3O3S/c1-2-30-20-9-4-3-8-19(20)25-22(29)26-12-10-23(11-13-26)27(14-15-31-23)21(28)17-6-5-7-18(24)16-17/h3-9,16H,2,10-15H2,1H3,(H,25,29). The summed E-state index contributed by atoms with van der Waals surface area (Å²) in [4.78, 5) is 29.2. The Morgan fingerprint density at radius 1 is 1.13 bits per heavy atom. The van der Waals surface area contributed by atoms with Gasteiger partial charge in [-0.15, -0.1) is 11.8 Å². The number of carbonyl (C=O) groups is 2. The number of piperidine rings is 1. The zero-order valence-electron chi connectivity index (χ0n) is 17.5. The highest BCUT2D eigenvalue weighted by atomic mass is 32.2. The highest BCUT2D eigenvalue weighted by Crippen LogP contribution is 2.44. The lowest BCUT2D eigenvalue weighted by molar-refractivity contribution is 0.0585. The van der Waals surface area contributed by atoms with E-state index in [1.54, 1.807) is 28.8 Å². The summed E-state index contributed by atoms with van der Waals surface area (Å²) >= 11 is 1.76. The first-order valence-corrected chi connectivity index (χ1v) is 11.5. The van der Waals surface area contributed by atoms with Gasteiger partial charge in [0.2, 0.25) is 0 Å². The molecule has 2 aliphatic rings. The van der Waals surface area contributed by atoms with Gasteiger partial charge in [0.25, 0.3) is 5.91 Å². The Bertz CT molecular complexity index is 963. The molecule has 31 heavy (non-hydrogen) atoms. The first-order valence-electron chi connectivity index (χ1n) is 10.5. The molecule has 0 radical (unpaired) electrons. The van der Waals surface area contributed by atoms with E-state index in [4.69, 9.17) is 4.74 Å². The fraction of sp³-hybridized carbons (Fsp3) is 0.391. The van der Waals surface area contributed by atoms with Crippen LogP contribution in [0.25, 0.3) is 0 Å². The molecular formula is C23H26FN3O3S. The predicted octanol–water partition coefficient (Wildman–Crippen LogP) is 4.44. The van der Waals surface area contributed by atoms with Crippen LogP contribution < -0.4 is 10.1 Å². The van der Waals surface area contributed by atoms with E-state index in [0.717, 1.165) is 5.75 Å². The van der Waals surface area contributed by atoms with Gasteiger partial charge in [-0.25, -0.2) is 9.18 Å². The minimum absolute atomic E-state index is 0.145. The van der Waals surface area contributed by atoms with E-state index in [-0.39, 0.29) is 16.8 Å². The molecule has 2 aliphatic heterocycles. The maximum atomic E-state index is 13.6. The fourth-order valence-corrected chi connectivity index (χ4v) is 5.65. The van der Waals surface area contributed by atoms with Crippen molar-refractivity contribution in [2.24, 2.45) is 0 Å². The molecular weight excluding hydrogens is 417 g/mol. The molecule has 2 aromatic carbocycles. The molecule has 3 amide bonds. The van der Waals surface area contributed by atoms with Crippen molar-refractivity contribution in [3.63, 3.8) is 0 Å². The van der Waals surface area contributed by atoms with Gasteiger partial charge in [0.05, 0.1) is 17.2 Å². The van der Waals surface area contributed by atoms with Gasteiger partial charge in [0, 0.05) is 31.0 Å². The summed E-state index contributed by atoms with van der Waals surface area (Å²) in [7, 11) is 0. The molecule has 0 atom stereocenters. The molecule has 1 N–H and O–H groups in total. The van der Waals surface area contributed by atoms with Crippen LogP contribution in [0.5, 0.6) is 5.75 Å². The van der Waals surface area contributed by atoms with Crippen LogP contribution >= 0.6 is 11.8 Å². The number of rotatable bonds is 4. The third kappa shape index (κ3) is 4.49. The van der Waals surface area contributed by atoms with E-state index in [0.29, 0.717) is 56.1 Å². The van der Waals surface area contributed by atoms with Crippen LogP contribution in [0.2, 0.25) is 0 Å². The maximum Gasteiger partial charge on any atom is 0.321 e. The van der Waals surface area contributed by atoms with E-state index in [1.165, 1.54) is 12.1 Å². The molecule has 1 spiro atoms. The average molecular weight is 444 g/mol. The van der Waals surface area contributed by atoms with E-state index in [2.05, 4.69) is 5.32 Å². The van der Waals surface area contributed by atoms with Crippen LogP contribution in [0.15, 0.2) is 48.5 Å². The number of carbonyl (C=O) groups excluding carboxylic acids is 2. The van der Waals surface area contributed by atoms with Crippen molar-refractivity contribution >= 4 is 29.4 Å². The molecule has 0 aliphatic carbocycles. The van der Waals surface area contributed by atoms with Gasteiger partial charge >= 0.3 is 6.03 Å². The Balaban J connectivity index is 1.41. The quantitative estimate of drug-likeness (QED) is 0.759. The van der Waals surface area contributed by atoms with Crippen LogP contribution in [0.1, 0.15) is 30.1 Å². The van der Waals surface area contributed by atoms with Gasteiger partial charge in [0.15, 0.2) is 0 Å². The van der Waals surface area contributed by atoms with Gasteiger partial charge in [-0.3, -0.25) is 4.79 Å². The number of thioether (sulfide) groups is 1. The second-order valence-corrected chi connectivity index (χ2v) is 9.07. The molecule has 4 rings (SSSR count). The Morgan fingerprint density at radius 3 is 2.65 bits per heavy atom. The number of anilines is 1. The van der Waals surface area contributed by atoms with Gasteiger partial charge in [-0.2, -0.15) is 0 Å². The first kappa shape index (κ1) is 21.5. The van der Waals surface area contributed by atoms with E-state index in [1.807, 2.05) is 36.1 Å². The third-order valence-electron chi connectivity index (χ3n) is 5.75. The SMILES string of the molecule is CCOc1ccccc1NC(=O)N1CCC2(CC1)SCCN2C(=O)c1cccc(F)c1. The summed E-state index contributed by atoms with van der Waals surface area (Å²) in [6.45, 7) is 4.14. The average Bonchev–Trinajstić information content (AvgIpc) is 3.18. The smallest absolute Gasteiger partial charge is 0.321 e. The number of para-hydroxylation sites is 2. The minimum atomic E-state index is -0.412. The summed E-state index contributed by atoms with van der Waals surface area (Å²) in [5.74, 6) is 0.929. The molecule has 2 saturated heterocycles. The van der Waals surface area contributed by atoms with Crippen LogP contribution in [0.3, 0.4) is 0 Å². The summed E-state index contributed by atoms with van der Waals surface area (Å²) in [5, 5.41) is 2.94. The van der Waals surface area contributed by atoms with Gasteiger partial charge in [0.1, 0.15) is 11.6 Å². The summed E-state index contributed by atoms with van der Waals surface area (Å²) < 4.78 is 19.2. The second kappa shape index (κ2) is 9.18. The number of halogens is 1. The molecule has 0 bridgehead atoms. The second-order valence-electron chi connectivity index (χ2n) is 7.61. The van der Waals surface area contributed by atoms with Crippen molar-refractivity contribution < 1.29 is 18.7 Å². The van der Waals surface area contributed by atoms with E-state index in [9.17, 15) is 14.0 Å². The largest absolute Gasteiger partial charge is 0.492 e. The molecule has 8 heteroatoms. The summed E-state index contributed by atoms with van der Waals surface area (Å²) in [6.07, 6.45) is 1.36. The number of amides is 3. The van der Waals surface area contributed by atoms with E-state index < -0.39 is 5.82 Å². The monoisotopic (exact) mass is 443 g/mol. The maximum absolute atomic E-state index is 13.6. The molecule has 164 valence electrons. The predicted molar refractivity (Wildman–Crippen MR) is 120 cm³/mol. The number of benzene rings is 2. The molecule has 6 nitrogen and oxygen atoms in total. The van der Waals surface area contributed by atoms with Crippen molar-refractivity contribution in [1.82, 2.24) is 9.80 Å². The highest BCUT2D eigenvalue weighted by Gasteiger charge is 2.47. The number of nitrogens with zero attached hydrogens (tertiary/aromatic N) is 2. The molecule has 0 aromatic heterocycles. The molecule has 0 saturated carbocycles. The number of ether oxygens (including phenoxy) is 1. The topological polar surface area (TPSA) is 61.9 Å². The lowest BCUT2D eigenvalue weighted by atomic mass is 10.0. The summed E-state index contributed by atoms with van der Waals surface area (Å²) in [5.41, 5.74) is 1.02. The van der Waals surface area contributed by atoms with Crippen LogP contribution in [0, 0.1) is 5.82 Å². The third-order valence-corrected chi connectivity index (χ3v) is 7.31. The van der Waals surface area contributed by atoms with Crippen molar-refractivity contribution in [3.05, 3.63) is 59.9 Å². The lowest BCUT2D eigenvalue weighted by Gasteiger charge is -2.44. The minimum Gasteiger partial charge on any atom is -0.492 e. The van der Waals surface area contributed by atoms with E-state index >= 15 is 0 Å². The zero-order valence-corrected chi connectivity index (χ0v) is 18.3. The van der Waals surface area contributed by atoms with Crippen molar-refractivity contribution in [2.45, 2.75) is 24.6 Å². The molecule has 2 heterocycles. The van der Waals surface area contributed by atoms with Crippen LogP contribution in [0.4, 0.5) is 14.9 Å². The van der Waals surface area contributed by atoms with Crippen molar-refractivity contribution in [3.8, 4) is 5.75 Å². The Hall–Kier alpha value is -2.74. The summed E-state index contributed by atoms with van der Waals surface area (Å²) in [6, 6.07) is 13.0. The van der Waals surface area contributed by atoms with Crippen molar-refractivity contribution in [2.75, 3.05) is 37.3 Å². The zero-order chi connectivity index (χ0) is 21.8. The lowest BCUT2D eigenvalue weighted by Crippen LogP contribution is -2.54. The number of hydrogen-bond acceptors (Lipinski definition) is 4. The number of nitrogens with one attached hydrogen (secondary N) is 1. The molecule has 2 aromatic rings. The highest BCUT2D eigenvalue weighted by molar-refractivity contribution is 8.00. The van der Waals surface area contributed by atoms with Gasteiger partial charge in [-0.05, 0) is 50.1 Å². The molecule has 0 unspecified atom stereocenters. The first-order chi connectivity index (χ1) is 15.0. The Labute approximate surface area is 185 Å². The Kier molecular flexibility index (Phi) is 6.36.